The smallest absolute Gasteiger partial charge is 0.0837 e. The van der Waals surface area contributed by atoms with Crippen LogP contribution in [0, 0.1) is 0 Å². The molecule has 0 aromatic carbocycles. The third-order valence-electron chi connectivity index (χ3n) is 2.87. The summed E-state index contributed by atoms with van der Waals surface area (Å²) < 4.78 is 3.60. The van der Waals surface area contributed by atoms with E-state index in [4.69, 9.17) is 11.6 Å². The second-order valence-electron chi connectivity index (χ2n) is 4.34. The van der Waals surface area contributed by atoms with Gasteiger partial charge in [-0.3, -0.25) is 9.36 Å². The van der Waals surface area contributed by atoms with E-state index in [1.165, 1.54) is 0 Å². The quantitative estimate of drug-likeness (QED) is 0.900. The molecule has 0 aliphatic rings. The van der Waals surface area contributed by atoms with E-state index in [0.29, 0.717) is 5.02 Å². The number of nitrogens with zero attached hydrogens (tertiary/aromatic N) is 4. The summed E-state index contributed by atoms with van der Waals surface area (Å²) in [6.45, 7) is 3.05. The van der Waals surface area contributed by atoms with Crippen molar-refractivity contribution < 1.29 is 0 Å². The largest absolute Gasteiger partial charge is 0.305 e. The average molecular weight is 268 g/mol. The molecule has 5 nitrogen and oxygen atoms in total. The van der Waals surface area contributed by atoms with E-state index in [0.717, 1.165) is 24.2 Å². The van der Waals surface area contributed by atoms with Crippen LogP contribution in [0.25, 0.3) is 0 Å². The molecule has 6 heteroatoms. The van der Waals surface area contributed by atoms with E-state index < -0.39 is 0 Å². The molecule has 18 heavy (non-hydrogen) atoms. The zero-order chi connectivity index (χ0) is 13.1. The van der Waals surface area contributed by atoms with Crippen LogP contribution in [0.5, 0.6) is 0 Å². The van der Waals surface area contributed by atoms with Crippen molar-refractivity contribution >= 4 is 11.6 Å². The molecule has 2 aromatic rings. The van der Waals surface area contributed by atoms with Gasteiger partial charge in [-0.2, -0.15) is 10.2 Å². The van der Waals surface area contributed by atoms with Gasteiger partial charge in [0, 0.05) is 25.9 Å². The molecule has 0 saturated carbocycles. The first-order chi connectivity index (χ1) is 8.63. The first-order valence-corrected chi connectivity index (χ1v) is 6.40. The minimum Gasteiger partial charge on any atom is -0.305 e. The van der Waals surface area contributed by atoms with Crippen molar-refractivity contribution in [1.82, 2.24) is 24.9 Å². The molecule has 0 radical (unpaired) electrons. The van der Waals surface area contributed by atoms with Crippen molar-refractivity contribution in [3.05, 3.63) is 34.9 Å². The number of aromatic nitrogens is 4. The van der Waals surface area contributed by atoms with Crippen LogP contribution in [-0.2, 0) is 14.1 Å². The molecular weight excluding hydrogens is 250 g/mol. The normalized spacial score (nSPS) is 12.9. The summed E-state index contributed by atoms with van der Waals surface area (Å²) in [6, 6.07) is 0.0265. The van der Waals surface area contributed by atoms with Gasteiger partial charge in [-0.25, -0.2) is 0 Å². The number of halogens is 1. The third kappa shape index (κ3) is 2.57. The molecule has 0 spiro atoms. The zero-order valence-electron chi connectivity index (χ0n) is 10.9. The minimum absolute atomic E-state index is 0.0265. The minimum atomic E-state index is 0.0265. The highest BCUT2D eigenvalue weighted by atomic mass is 35.5. The van der Waals surface area contributed by atoms with Crippen LogP contribution in [0.2, 0.25) is 5.02 Å². The van der Waals surface area contributed by atoms with Gasteiger partial charge in [0.05, 0.1) is 29.2 Å². The summed E-state index contributed by atoms with van der Waals surface area (Å²) in [5.41, 5.74) is 2.06. The molecule has 0 bridgehead atoms. The number of hydrogen-bond acceptors (Lipinski definition) is 3. The third-order valence-corrected chi connectivity index (χ3v) is 3.16. The molecule has 1 N–H and O–H groups in total. The standard InChI is InChI=1S/C12H18ClN5/c1-4-5-14-11(9-6-15-17(2)8-9)12-10(13)7-16-18(12)3/h6-8,11,14H,4-5H2,1-3H3. The van der Waals surface area contributed by atoms with E-state index >= 15 is 0 Å². The van der Waals surface area contributed by atoms with E-state index in [1.54, 1.807) is 10.9 Å². The fourth-order valence-corrected chi connectivity index (χ4v) is 2.27. The Balaban J connectivity index is 2.36. The maximum atomic E-state index is 6.22. The molecule has 1 atom stereocenters. The Labute approximate surface area is 112 Å². The van der Waals surface area contributed by atoms with Crippen molar-refractivity contribution in [3.63, 3.8) is 0 Å². The molecule has 2 rings (SSSR count). The van der Waals surface area contributed by atoms with Crippen molar-refractivity contribution in [1.29, 1.82) is 0 Å². The van der Waals surface area contributed by atoms with Crippen LogP contribution in [0.1, 0.15) is 30.6 Å². The lowest BCUT2D eigenvalue weighted by atomic mass is 10.1. The summed E-state index contributed by atoms with van der Waals surface area (Å²) in [5, 5.41) is 12.6. The molecular formula is C12H18ClN5. The first-order valence-electron chi connectivity index (χ1n) is 6.02. The number of hydrogen-bond donors (Lipinski definition) is 1. The van der Waals surface area contributed by atoms with Gasteiger partial charge in [0.25, 0.3) is 0 Å². The van der Waals surface area contributed by atoms with Gasteiger partial charge in [-0.1, -0.05) is 18.5 Å². The molecule has 0 aliphatic carbocycles. The Hall–Kier alpha value is -1.33. The highest BCUT2D eigenvalue weighted by Gasteiger charge is 2.21. The van der Waals surface area contributed by atoms with Crippen LogP contribution in [0.4, 0.5) is 0 Å². The Morgan fingerprint density at radius 1 is 1.33 bits per heavy atom. The Morgan fingerprint density at radius 3 is 2.61 bits per heavy atom. The lowest BCUT2D eigenvalue weighted by Gasteiger charge is -2.18. The van der Waals surface area contributed by atoms with Crippen molar-refractivity contribution in [3.8, 4) is 0 Å². The van der Waals surface area contributed by atoms with Crippen LogP contribution < -0.4 is 5.32 Å². The van der Waals surface area contributed by atoms with Crippen LogP contribution in [0.15, 0.2) is 18.6 Å². The second-order valence-corrected chi connectivity index (χ2v) is 4.74. The predicted octanol–water partition coefficient (Wildman–Crippen LogP) is 1.90. The first kappa shape index (κ1) is 13.1. The van der Waals surface area contributed by atoms with Crippen molar-refractivity contribution in [2.45, 2.75) is 19.4 Å². The summed E-state index contributed by atoms with van der Waals surface area (Å²) in [6.07, 6.45) is 6.59. The Kier molecular flexibility index (Phi) is 4.04. The predicted molar refractivity (Wildman–Crippen MR) is 71.6 cm³/mol. The van der Waals surface area contributed by atoms with E-state index in [1.807, 2.05) is 31.2 Å². The van der Waals surface area contributed by atoms with Crippen LogP contribution in [-0.4, -0.2) is 26.1 Å². The Bertz CT molecular complexity index is 497. The van der Waals surface area contributed by atoms with Gasteiger partial charge in [-0.15, -0.1) is 0 Å². The molecule has 0 saturated heterocycles. The molecule has 2 heterocycles. The fourth-order valence-electron chi connectivity index (χ4n) is 2.00. The number of aryl methyl sites for hydroxylation is 2. The van der Waals surface area contributed by atoms with Crippen molar-refractivity contribution in [2.75, 3.05) is 6.54 Å². The van der Waals surface area contributed by atoms with Crippen LogP contribution in [0.3, 0.4) is 0 Å². The maximum absolute atomic E-state index is 6.22. The Morgan fingerprint density at radius 2 is 2.11 bits per heavy atom. The summed E-state index contributed by atoms with van der Waals surface area (Å²) in [4.78, 5) is 0. The maximum Gasteiger partial charge on any atom is 0.0837 e. The molecule has 0 aliphatic heterocycles. The monoisotopic (exact) mass is 267 g/mol. The highest BCUT2D eigenvalue weighted by Crippen LogP contribution is 2.27. The fraction of sp³-hybridized carbons (Fsp3) is 0.500. The second kappa shape index (κ2) is 5.54. The zero-order valence-corrected chi connectivity index (χ0v) is 11.6. The lowest BCUT2D eigenvalue weighted by Crippen LogP contribution is -2.25. The van der Waals surface area contributed by atoms with Gasteiger partial charge < -0.3 is 5.32 Å². The molecule has 0 amide bonds. The summed E-state index contributed by atoms with van der Waals surface area (Å²) in [5.74, 6) is 0. The highest BCUT2D eigenvalue weighted by molar-refractivity contribution is 6.31. The molecule has 1 unspecified atom stereocenters. The topological polar surface area (TPSA) is 47.7 Å². The molecule has 2 aromatic heterocycles. The van der Waals surface area contributed by atoms with E-state index in [9.17, 15) is 0 Å². The van der Waals surface area contributed by atoms with E-state index in [2.05, 4.69) is 22.4 Å². The van der Waals surface area contributed by atoms with E-state index in [-0.39, 0.29) is 6.04 Å². The number of nitrogens with one attached hydrogen (secondary N) is 1. The average Bonchev–Trinajstić information content (AvgIpc) is 2.90. The van der Waals surface area contributed by atoms with Gasteiger partial charge >= 0.3 is 0 Å². The summed E-state index contributed by atoms with van der Waals surface area (Å²) >= 11 is 6.22. The van der Waals surface area contributed by atoms with Gasteiger partial charge in [0.15, 0.2) is 0 Å². The SMILES string of the molecule is CCCNC(c1cnn(C)c1)c1c(Cl)cnn1C. The summed E-state index contributed by atoms with van der Waals surface area (Å²) in [7, 11) is 3.81. The van der Waals surface area contributed by atoms with Crippen LogP contribution >= 0.6 is 11.6 Å². The lowest BCUT2D eigenvalue weighted by molar-refractivity contribution is 0.553. The number of rotatable bonds is 5. The molecule has 98 valence electrons. The van der Waals surface area contributed by atoms with Crippen molar-refractivity contribution in [2.24, 2.45) is 14.1 Å². The molecule has 0 fully saturated rings. The van der Waals surface area contributed by atoms with Gasteiger partial charge in [-0.05, 0) is 13.0 Å². The van der Waals surface area contributed by atoms with Gasteiger partial charge in [0.2, 0.25) is 0 Å². The van der Waals surface area contributed by atoms with Gasteiger partial charge in [0.1, 0.15) is 0 Å².